The van der Waals surface area contributed by atoms with Gasteiger partial charge in [0.25, 0.3) is 0 Å². The number of phenolic OH excluding ortho intramolecular Hbond substituents is 1. The molecule has 0 aromatic heterocycles. The summed E-state index contributed by atoms with van der Waals surface area (Å²) in [4.78, 5) is 24.8. The first-order valence-electron chi connectivity index (χ1n) is 7.28. The predicted molar refractivity (Wildman–Crippen MR) is 88.4 cm³/mol. The zero-order chi connectivity index (χ0) is 17.3. The van der Waals surface area contributed by atoms with Crippen molar-refractivity contribution in [2.24, 2.45) is 5.41 Å². The molecule has 0 aliphatic heterocycles. The highest BCUT2D eigenvalue weighted by molar-refractivity contribution is 6.30. The number of carbonyl (C=O) groups is 2. The summed E-state index contributed by atoms with van der Waals surface area (Å²) in [7, 11) is 0. The van der Waals surface area contributed by atoms with Crippen molar-refractivity contribution in [3.05, 3.63) is 53.3 Å². The van der Waals surface area contributed by atoms with Gasteiger partial charge in [0.2, 0.25) is 11.8 Å². The van der Waals surface area contributed by atoms with Crippen LogP contribution in [0.5, 0.6) is 5.75 Å². The van der Waals surface area contributed by atoms with E-state index in [9.17, 15) is 14.0 Å². The number of nitrogens with one attached hydrogen (secondary N) is 2. The van der Waals surface area contributed by atoms with Gasteiger partial charge in [-0.3, -0.25) is 9.59 Å². The average molecular weight is 349 g/mol. The summed E-state index contributed by atoms with van der Waals surface area (Å²) in [6.07, 6.45) is 0.831. The van der Waals surface area contributed by atoms with Crippen molar-refractivity contribution in [3.8, 4) is 5.75 Å². The molecular formula is C17H14ClFN2O3. The highest BCUT2D eigenvalue weighted by atomic mass is 35.5. The van der Waals surface area contributed by atoms with E-state index in [0.29, 0.717) is 23.6 Å². The topological polar surface area (TPSA) is 78.4 Å². The Balaban J connectivity index is 1.70. The Morgan fingerprint density at radius 1 is 1.00 bits per heavy atom. The van der Waals surface area contributed by atoms with E-state index in [1.165, 1.54) is 6.07 Å². The fourth-order valence-corrected chi connectivity index (χ4v) is 2.43. The zero-order valence-corrected chi connectivity index (χ0v) is 13.2. The SMILES string of the molecule is O=C(Nc1ccc(Cl)cc1)C1(C(=O)Nc2ccc(O)c(F)c2)CC1. The lowest BCUT2D eigenvalue weighted by atomic mass is 10.0. The smallest absolute Gasteiger partial charge is 0.240 e. The molecule has 0 atom stereocenters. The standard InChI is InChI=1S/C17H14ClFN2O3/c18-10-1-3-11(4-2-10)20-15(23)17(7-8-17)16(24)21-12-5-6-14(22)13(19)9-12/h1-6,9,22H,7-8H2,(H,20,23)(H,21,24). The third kappa shape index (κ3) is 3.19. The van der Waals surface area contributed by atoms with Crippen LogP contribution in [0.4, 0.5) is 15.8 Å². The lowest BCUT2D eigenvalue weighted by Gasteiger charge is -2.15. The van der Waals surface area contributed by atoms with E-state index in [-0.39, 0.29) is 5.69 Å². The Morgan fingerprint density at radius 3 is 2.08 bits per heavy atom. The molecule has 2 aromatic carbocycles. The monoisotopic (exact) mass is 348 g/mol. The van der Waals surface area contributed by atoms with Crippen LogP contribution in [0, 0.1) is 11.2 Å². The third-order valence-electron chi connectivity index (χ3n) is 3.93. The number of rotatable bonds is 4. The minimum atomic E-state index is -1.16. The molecule has 2 aromatic rings. The third-order valence-corrected chi connectivity index (χ3v) is 4.18. The maximum atomic E-state index is 13.3. The molecule has 0 radical (unpaired) electrons. The van der Waals surface area contributed by atoms with Crippen LogP contribution in [0.25, 0.3) is 0 Å². The van der Waals surface area contributed by atoms with Gasteiger partial charge in [-0.1, -0.05) is 11.6 Å². The summed E-state index contributed by atoms with van der Waals surface area (Å²) in [5.41, 5.74) is -0.436. The van der Waals surface area contributed by atoms with Gasteiger partial charge in [0.1, 0.15) is 5.41 Å². The molecule has 1 aliphatic rings. The van der Waals surface area contributed by atoms with Gasteiger partial charge in [0.05, 0.1) is 0 Å². The Bertz CT molecular complexity index is 804. The largest absolute Gasteiger partial charge is 0.505 e. The van der Waals surface area contributed by atoms with Gasteiger partial charge in [0, 0.05) is 22.5 Å². The number of anilines is 2. The first-order chi connectivity index (χ1) is 11.4. The number of carbonyl (C=O) groups excluding carboxylic acids is 2. The van der Waals surface area contributed by atoms with Gasteiger partial charge >= 0.3 is 0 Å². The summed E-state index contributed by atoms with van der Waals surface area (Å²) < 4.78 is 13.3. The number of phenols is 1. The van der Waals surface area contributed by atoms with E-state index in [1.807, 2.05) is 0 Å². The number of amides is 2. The van der Waals surface area contributed by atoms with Crippen LogP contribution in [-0.4, -0.2) is 16.9 Å². The van der Waals surface area contributed by atoms with Crippen molar-refractivity contribution in [1.29, 1.82) is 0 Å². The van der Waals surface area contributed by atoms with Gasteiger partial charge in [-0.25, -0.2) is 4.39 Å². The van der Waals surface area contributed by atoms with Crippen LogP contribution in [0.15, 0.2) is 42.5 Å². The number of hydrogen-bond donors (Lipinski definition) is 3. The van der Waals surface area contributed by atoms with Gasteiger partial charge in [0.15, 0.2) is 11.6 Å². The van der Waals surface area contributed by atoms with E-state index in [4.69, 9.17) is 16.7 Å². The minimum Gasteiger partial charge on any atom is -0.505 e. The number of halogens is 2. The molecule has 7 heteroatoms. The van der Waals surface area contributed by atoms with Crippen LogP contribution in [0.3, 0.4) is 0 Å². The Labute approximate surface area is 142 Å². The molecule has 3 N–H and O–H groups in total. The van der Waals surface area contributed by atoms with Crippen LogP contribution in [-0.2, 0) is 9.59 Å². The molecule has 24 heavy (non-hydrogen) atoms. The van der Waals surface area contributed by atoms with E-state index >= 15 is 0 Å². The second-order valence-corrected chi connectivity index (χ2v) is 6.10. The molecule has 0 unspecified atom stereocenters. The summed E-state index contributed by atoms with van der Waals surface area (Å²) in [6, 6.07) is 10.1. The molecule has 1 saturated carbocycles. The van der Waals surface area contributed by atoms with Gasteiger partial charge < -0.3 is 15.7 Å². The van der Waals surface area contributed by atoms with E-state index < -0.39 is 28.8 Å². The highest BCUT2D eigenvalue weighted by Gasteiger charge is 2.56. The molecule has 0 spiro atoms. The first kappa shape index (κ1) is 16.3. The van der Waals surface area contributed by atoms with Crippen LogP contribution in [0.2, 0.25) is 5.02 Å². The molecule has 1 aliphatic carbocycles. The summed E-state index contributed by atoms with van der Waals surface area (Å²) in [5.74, 6) is -2.27. The maximum absolute atomic E-state index is 13.3. The van der Waals surface area contributed by atoms with Crippen molar-refractivity contribution in [2.45, 2.75) is 12.8 Å². The Kier molecular flexibility index (Phi) is 4.15. The van der Waals surface area contributed by atoms with E-state index in [2.05, 4.69) is 10.6 Å². The van der Waals surface area contributed by atoms with Gasteiger partial charge in [-0.05, 0) is 49.2 Å². The first-order valence-corrected chi connectivity index (χ1v) is 7.65. The summed E-state index contributed by atoms with van der Waals surface area (Å²) in [5, 5.41) is 14.9. The van der Waals surface area contributed by atoms with Crippen molar-refractivity contribution < 1.29 is 19.1 Å². The van der Waals surface area contributed by atoms with Gasteiger partial charge in [-0.15, -0.1) is 0 Å². The van der Waals surface area contributed by atoms with Crippen molar-refractivity contribution >= 4 is 34.8 Å². The zero-order valence-electron chi connectivity index (χ0n) is 12.5. The molecule has 1 fully saturated rings. The summed E-state index contributed by atoms with van der Waals surface area (Å²) in [6.45, 7) is 0. The Hall–Kier alpha value is -2.60. The van der Waals surface area contributed by atoms with Crippen LogP contribution < -0.4 is 10.6 Å². The quantitative estimate of drug-likeness (QED) is 0.584. The average Bonchev–Trinajstić information content (AvgIpc) is 3.35. The van der Waals surface area contributed by atoms with Gasteiger partial charge in [-0.2, -0.15) is 0 Å². The fourth-order valence-electron chi connectivity index (χ4n) is 2.30. The normalized spacial score (nSPS) is 14.8. The van der Waals surface area contributed by atoms with E-state index in [0.717, 1.165) is 12.1 Å². The molecule has 0 saturated heterocycles. The van der Waals surface area contributed by atoms with Crippen molar-refractivity contribution in [1.82, 2.24) is 0 Å². The van der Waals surface area contributed by atoms with Crippen LogP contribution >= 0.6 is 11.6 Å². The van der Waals surface area contributed by atoms with E-state index in [1.54, 1.807) is 24.3 Å². The summed E-state index contributed by atoms with van der Waals surface area (Å²) >= 11 is 5.79. The molecule has 3 rings (SSSR count). The molecule has 0 bridgehead atoms. The van der Waals surface area contributed by atoms with Crippen LogP contribution in [0.1, 0.15) is 12.8 Å². The predicted octanol–water partition coefficient (Wildman–Crippen LogP) is 3.54. The lowest BCUT2D eigenvalue weighted by molar-refractivity contribution is -0.131. The fraction of sp³-hybridized carbons (Fsp3) is 0.176. The molecule has 0 heterocycles. The molecule has 124 valence electrons. The molecule has 5 nitrogen and oxygen atoms in total. The minimum absolute atomic E-state index is 0.181. The maximum Gasteiger partial charge on any atom is 0.240 e. The lowest BCUT2D eigenvalue weighted by Crippen LogP contribution is -2.35. The number of benzene rings is 2. The second-order valence-electron chi connectivity index (χ2n) is 5.66. The highest BCUT2D eigenvalue weighted by Crippen LogP contribution is 2.47. The molecular weight excluding hydrogens is 335 g/mol. The number of hydrogen-bond acceptors (Lipinski definition) is 3. The Morgan fingerprint density at radius 2 is 1.54 bits per heavy atom. The second kappa shape index (κ2) is 6.13. The number of aromatic hydroxyl groups is 1. The van der Waals surface area contributed by atoms with Crippen molar-refractivity contribution in [2.75, 3.05) is 10.6 Å². The van der Waals surface area contributed by atoms with Crippen molar-refractivity contribution in [3.63, 3.8) is 0 Å². The molecule has 2 amide bonds.